The van der Waals surface area contributed by atoms with Crippen molar-refractivity contribution in [1.29, 1.82) is 0 Å². The van der Waals surface area contributed by atoms with E-state index in [1.165, 1.54) is 0 Å². The third kappa shape index (κ3) is 2.44. The minimum absolute atomic E-state index is 0.0360. The second-order valence-corrected chi connectivity index (χ2v) is 6.98. The molecule has 0 spiro atoms. The fourth-order valence-electron chi connectivity index (χ4n) is 3.66. The van der Waals surface area contributed by atoms with E-state index >= 15 is 0 Å². The maximum atomic E-state index is 12.2. The number of benzene rings is 2. The van der Waals surface area contributed by atoms with Crippen LogP contribution in [-0.4, -0.2) is 31.8 Å². The molecule has 0 fully saturated rings. The molecule has 0 bridgehead atoms. The molecule has 2 aromatic carbocycles. The summed E-state index contributed by atoms with van der Waals surface area (Å²) >= 11 is 6.46. The number of aromatic nitrogens is 4. The number of nitrogens with one attached hydrogen (secondary N) is 1. The fraction of sp³-hybridized carbons (Fsp3) is 0.150. The first-order chi connectivity index (χ1) is 13.1. The number of imidazole rings is 1. The molecule has 3 heterocycles. The summed E-state index contributed by atoms with van der Waals surface area (Å²) in [7, 11) is 1.89. The quantitative estimate of drug-likeness (QED) is 0.582. The van der Waals surface area contributed by atoms with Gasteiger partial charge < -0.3 is 5.32 Å². The average molecular weight is 378 g/mol. The number of nitrogens with zero attached hydrogens (tertiary/aromatic N) is 4. The first-order valence-electron chi connectivity index (χ1n) is 8.70. The van der Waals surface area contributed by atoms with E-state index in [9.17, 15) is 4.79 Å². The lowest BCUT2D eigenvalue weighted by Gasteiger charge is -2.17. The highest BCUT2D eigenvalue weighted by atomic mass is 35.5. The molecule has 1 amide bonds. The van der Waals surface area contributed by atoms with Crippen LogP contribution >= 0.6 is 11.6 Å². The largest absolute Gasteiger partial charge is 0.352 e. The average Bonchev–Trinajstić information content (AvgIpc) is 3.28. The molecule has 4 aromatic rings. The van der Waals surface area contributed by atoms with Crippen molar-refractivity contribution in [1.82, 2.24) is 24.6 Å². The van der Waals surface area contributed by atoms with E-state index in [0.717, 1.165) is 28.6 Å². The van der Waals surface area contributed by atoms with E-state index in [2.05, 4.69) is 15.4 Å². The monoisotopic (exact) mass is 377 g/mol. The van der Waals surface area contributed by atoms with E-state index in [4.69, 9.17) is 11.6 Å². The number of hydrogen-bond donors (Lipinski definition) is 1. The van der Waals surface area contributed by atoms with Crippen LogP contribution in [0, 0.1) is 0 Å². The summed E-state index contributed by atoms with van der Waals surface area (Å²) in [6.07, 6.45) is 4.44. The molecule has 0 radical (unpaired) electrons. The maximum Gasteiger partial charge on any atom is 0.251 e. The van der Waals surface area contributed by atoms with Gasteiger partial charge in [0.25, 0.3) is 5.91 Å². The molecular formula is C20H16ClN5O. The highest BCUT2D eigenvalue weighted by molar-refractivity contribution is 6.36. The van der Waals surface area contributed by atoms with Crippen molar-refractivity contribution >= 4 is 28.4 Å². The van der Waals surface area contributed by atoms with E-state index in [-0.39, 0.29) is 5.91 Å². The first-order valence-corrected chi connectivity index (χ1v) is 9.08. The Labute approximate surface area is 160 Å². The maximum absolute atomic E-state index is 12.2. The van der Waals surface area contributed by atoms with Crippen LogP contribution in [0.25, 0.3) is 28.1 Å². The normalized spacial score (nSPS) is 13.6. The minimum Gasteiger partial charge on any atom is -0.352 e. The zero-order valence-electron chi connectivity index (χ0n) is 14.6. The van der Waals surface area contributed by atoms with Gasteiger partial charge in [-0.25, -0.2) is 4.98 Å². The van der Waals surface area contributed by atoms with Crippen molar-refractivity contribution in [3.05, 3.63) is 64.9 Å². The molecule has 134 valence electrons. The molecule has 27 heavy (non-hydrogen) atoms. The molecule has 0 atom stereocenters. The number of amides is 1. The minimum atomic E-state index is -0.0360. The Morgan fingerprint density at radius 1 is 1.22 bits per heavy atom. The van der Waals surface area contributed by atoms with Gasteiger partial charge in [-0.2, -0.15) is 5.10 Å². The van der Waals surface area contributed by atoms with Gasteiger partial charge in [-0.05, 0) is 36.2 Å². The molecule has 0 aliphatic carbocycles. The number of fused-ring (bicyclic) bond motifs is 2. The molecule has 0 saturated heterocycles. The molecule has 5 rings (SSSR count). The number of carbonyl (C=O) groups excluding carboxylic acids is 1. The van der Waals surface area contributed by atoms with Crippen molar-refractivity contribution < 1.29 is 4.79 Å². The second-order valence-electron chi connectivity index (χ2n) is 6.57. The molecular weight excluding hydrogens is 362 g/mol. The topological polar surface area (TPSA) is 64.7 Å². The molecule has 1 N–H and O–H groups in total. The SMILES string of the molecule is Cn1nc(-c2nccn2-c2ccc3c(c2)C(=O)NCC3)c2c(Cl)cccc21. The van der Waals surface area contributed by atoms with Crippen molar-refractivity contribution in [2.45, 2.75) is 6.42 Å². The zero-order chi connectivity index (χ0) is 18.5. The lowest BCUT2D eigenvalue weighted by Crippen LogP contribution is -2.31. The second kappa shape index (κ2) is 5.96. The Morgan fingerprint density at radius 2 is 2.11 bits per heavy atom. The molecule has 2 aromatic heterocycles. The Kier molecular flexibility index (Phi) is 3.55. The molecule has 6 nitrogen and oxygen atoms in total. The van der Waals surface area contributed by atoms with Crippen molar-refractivity contribution in [2.24, 2.45) is 7.05 Å². The molecule has 7 heteroatoms. The van der Waals surface area contributed by atoms with Gasteiger partial charge in [0.2, 0.25) is 0 Å². The summed E-state index contributed by atoms with van der Waals surface area (Å²) in [4.78, 5) is 16.7. The highest BCUT2D eigenvalue weighted by Gasteiger charge is 2.21. The predicted octanol–water partition coefficient (Wildman–Crippen LogP) is 3.37. The Hall–Kier alpha value is -3.12. The van der Waals surface area contributed by atoms with E-state index in [1.54, 1.807) is 10.9 Å². The highest BCUT2D eigenvalue weighted by Crippen LogP contribution is 2.33. The number of aryl methyl sites for hydroxylation is 1. The van der Waals surface area contributed by atoms with Gasteiger partial charge in [-0.15, -0.1) is 0 Å². The van der Waals surface area contributed by atoms with Crippen LogP contribution in [-0.2, 0) is 13.5 Å². The van der Waals surface area contributed by atoms with E-state index in [1.807, 2.05) is 54.2 Å². The summed E-state index contributed by atoms with van der Waals surface area (Å²) in [5.74, 6) is 0.649. The van der Waals surface area contributed by atoms with Crippen molar-refractivity contribution in [2.75, 3.05) is 6.54 Å². The summed E-state index contributed by atoms with van der Waals surface area (Å²) in [6.45, 7) is 0.680. The van der Waals surface area contributed by atoms with Crippen LogP contribution in [0.4, 0.5) is 0 Å². The Bertz CT molecular complexity index is 1210. The summed E-state index contributed by atoms with van der Waals surface area (Å²) in [5.41, 5.74) is 4.30. The van der Waals surface area contributed by atoms with Gasteiger partial charge in [0.05, 0.1) is 10.5 Å². The van der Waals surface area contributed by atoms with Crippen LogP contribution in [0.15, 0.2) is 48.8 Å². The third-order valence-corrected chi connectivity index (χ3v) is 5.29. The van der Waals surface area contributed by atoms with Gasteiger partial charge in [0, 0.05) is 42.6 Å². The number of hydrogen-bond acceptors (Lipinski definition) is 3. The summed E-state index contributed by atoms with van der Waals surface area (Å²) in [5, 5.41) is 9.05. The van der Waals surface area contributed by atoms with Gasteiger partial charge in [-0.1, -0.05) is 23.7 Å². The molecule has 1 aliphatic heterocycles. The standard InChI is InChI=1S/C20H16ClN5O/c1-25-16-4-2-3-15(21)17(16)18(24-25)19-22-9-10-26(19)13-6-5-12-7-8-23-20(27)14(12)11-13/h2-6,9-11H,7-8H2,1H3,(H,23,27). The predicted molar refractivity (Wildman–Crippen MR) is 104 cm³/mol. The summed E-state index contributed by atoms with van der Waals surface area (Å²) in [6, 6.07) is 11.7. The Morgan fingerprint density at radius 3 is 3.00 bits per heavy atom. The van der Waals surface area contributed by atoms with Gasteiger partial charge in [0.1, 0.15) is 5.69 Å². The first kappa shape index (κ1) is 16.1. The van der Waals surface area contributed by atoms with Crippen molar-refractivity contribution in [3.8, 4) is 17.2 Å². The third-order valence-electron chi connectivity index (χ3n) is 4.98. The summed E-state index contributed by atoms with van der Waals surface area (Å²) < 4.78 is 3.74. The lowest BCUT2D eigenvalue weighted by atomic mass is 10.00. The fourth-order valence-corrected chi connectivity index (χ4v) is 3.92. The lowest BCUT2D eigenvalue weighted by molar-refractivity contribution is 0.0946. The van der Waals surface area contributed by atoms with E-state index < -0.39 is 0 Å². The number of halogens is 1. The van der Waals surface area contributed by atoms with E-state index in [0.29, 0.717) is 28.6 Å². The van der Waals surface area contributed by atoms with Crippen LogP contribution in [0.5, 0.6) is 0 Å². The van der Waals surface area contributed by atoms with Gasteiger partial charge in [-0.3, -0.25) is 14.0 Å². The molecule has 1 aliphatic rings. The van der Waals surface area contributed by atoms with Crippen LogP contribution < -0.4 is 5.32 Å². The zero-order valence-corrected chi connectivity index (χ0v) is 15.4. The Balaban J connectivity index is 1.71. The van der Waals surface area contributed by atoms with Gasteiger partial charge >= 0.3 is 0 Å². The van der Waals surface area contributed by atoms with Crippen LogP contribution in [0.2, 0.25) is 5.02 Å². The van der Waals surface area contributed by atoms with Crippen molar-refractivity contribution in [3.63, 3.8) is 0 Å². The molecule has 0 saturated carbocycles. The van der Waals surface area contributed by atoms with Crippen LogP contribution in [0.1, 0.15) is 15.9 Å². The smallest absolute Gasteiger partial charge is 0.251 e. The number of rotatable bonds is 2. The molecule has 0 unspecified atom stereocenters. The van der Waals surface area contributed by atoms with Gasteiger partial charge in [0.15, 0.2) is 5.82 Å². The number of carbonyl (C=O) groups is 1. The van der Waals surface area contributed by atoms with Crippen LogP contribution in [0.3, 0.4) is 0 Å².